The van der Waals surface area contributed by atoms with Gasteiger partial charge in [0.2, 0.25) is 5.75 Å². The molecule has 5 aromatic rings. The summed E-state index contributed by atoms with van der Waals surface area (Å²) >= 11 is 0. The fourth-order valence-corrected chi connectivity index (χ4v) is 3.92. The number of benzene rings is 2. The van der Waals surface area contributed by atoms with Crippen LogP contribution in [0.5, 0.6) is 17.2 Å². The molecule has 0 amide bonds. The van der Waals surface area contributed by atoms with E-state index in [2.05, 4.69) is 15.4 Å². The van der Waals surface area contributed by atoms with E-state index in [1.807, 2.05) is 36.7 Å². The maximum atomic E-state index is 13.5. The second-order valence-electron chi connectivity index (χ2n) is 8.53. The molecule has 0 fully saturated rings. The van der Waals surface area contributed by atoms with E-state index >= 15 is 0 Å². The van der Waals surface area contributed by atoms with Crippen molar-refractivity contribution in [1.82, 2.24) is 29.3 Å². The van der Waals surface area contributed by atoms with E-state index < -0.39 is 0 Å². The molecular formula is C26H26FN7O3. The highest BCUT2D eigenvalue weighted by molar-refractivity contribution is 5.89. The Hall–Kier alpha value is -4.67. The number of rotatable bonds is 8. The number of hydrogen-bond acceptors (Lipinski definition) is 8. The Morgan fingerprint density at radius 3 is 2.24 bits per heavy atom. The first-order valence-corrected chi connectivity index (χ1v) is 11.5. The molecule has 0 aliphatic heterocycles. The number of fused-ring (bicyclic) bond motifs is 1. The van der Waals surface area contributed by atoms with E-state index in [1.54, 1.807) is 50.7 Å². The lowest BCUT2D eigenvalue weighted by molar-refractivity contribution is 0.324. The van der Waals surface area contributed by atoms with E-state index in [0.29, 0.717) is 51.4 Å². The predicted octanol–water partition coefficient (Wildman–Crippen LogP) is 5.03. The number of anilines is 2. The summed E-state index contributed by atoms with van der Waals surface area (Å²) in [6, 6.07) is 9.76. The summed E-state index contributed by atoms with van der Waals surface area (Å²) in [5, 5.41) is 8.50. The third-order valence-corrected chi connectivity index (χ3v) is 5.81. The highest BCUT2D eigenvalue weighted by Crippen LogP contribution is 2.39. The largest absolute Gasteiger partial charge is 0.493 e. The van der Waals surface area contributed by atoms with Gasteiger partial charge < -0.3 is 24.1 Å². The Kier molecular flexibility index (Phi) is 6.34. The molecule has 0 atom stereocenters. The summed E-state index contributed by atoms with van der Waals surface area (Å²) in [6.45, 7) is 4.03. The summed E-state index contributed by atoms with van der Waals surface area (Å²) in [5.41, 5.74) is 2.08. The number of halogens is 1. The normalized spacial score (nSPS) is 11.2. The van der Waals surface area contributed by atoms with Gasteiger partial charge in [0.05, 0.1) is 50.5 Å². The Labute approximate surface area is 212 Å². The number of nitrogens with zero attached hydrogens (tertiary/aromatic N) is 6. The number of aromatic nitrogens is 6. The molecule has 0 aliphatic carbocycles. The zero-order valence-electron chi connectivity index (χ0n) is 21.1. The molecule has 10 nitrogen and oxygen atoms in total. The van der Waals surface area contributed by atoms with E-state index in [9.17, 15) is 4.39 Å². The van der Waals surface area contributed by atoms with Gasteiger partial charge in [-0.05, 0) is 24.3 Å². The van der Waals surface area contributed by atoms with Crippen molar-refractivity contribution in [2.75, 3.05) is 26.6 Å². The highest BCUT2D eigenvalue weighted by atomic mass is 19.1. The van der Waals surface area contributed by atoms with Gasteiger partial charge in [-0.1, -0.05) is 13.8 Å². The minimum absolute atomic E-state index is 0.0679. The van der Waals surface area contributed by atoms with Gasteiger partial charge in [-0.15, -0.1) is 0 Å². The average Bonchev–Trinajstić information content (AvgIpc) is 3.55. The summed E-state index contributed by atoms with van der Waals surface area (Å²) in [5.74, 6) is 3.11. The van der Waals surface area contributed by atoms with E-state index in [1.165, 1.54) is 12.1 Å². The first-order chi connectivity index (χ1) is 17.9. The molecule has 0 aliphatic rings. The molecule has 0 spiro atoms. The van der Waals surface area contributed by atoms with E-state index in [-0.39, 0.29) is 11.7 Å². The van der Waals surface area contributed by atoms with Crippen LogP contribution in [-0.2, 0) is 0 Å². The van der Waals surface area contributed by atoms with Crippen LogP contribution in [0.2, 0.25) is 0 Å². The summed E-state index contributed by atoms with van der Waals surface area (Å²) in [7, 11) is 4.70. The summed E-state index contributed by atoms with van der Waals surface area (Å²) in [4.78, 5) is 14.0. The van der Waals surface area contributed by atoms with Gasteiger partial charge in [0.15, 0.2) is 17.1 Å². The summed E-state index contributed by atoms with van der Waals surface area (Å²) < 4.78 is 33.3. The van der Waals surface area contributed by atoms with Crippen molar-refractivity contribution in [1.29, 1.82) is 0 Å². The molecule has 0 saturated heterocycles. The second-order valence-corrected chi connectivity index (χ2v) is 8.53. The van der Waals surface area contributed by atoms with Crippen LogP contribution in [0.3, 0.4) is 0 Å². The van der Waals surface area contributed by atoms with Crippen LogP contribution >= 0.6 is 0 Å². The molecular weight excluding hydrogens is 477 g/mol. The molecule has 1 N–H and O–H groups in total. The predicted molar refractivity (Wildman–Crippen MR) is 137 cm³/mol. The van der Waals surface area contributed by atoms with Crippen molar-refractivity contribution >= 4 is 22.7 Å². The lowest BCUT2D eigenvalue weighted by Crippen LogP contribution is -2.05. The Morgan fingerprint density at radius 1 is 0.919 bits per heavy atom. The average molecular weight is 504 g/mol. The molecule has 3 heterocycles. The second kappa shape index (κ2) is 9.76. The SMILES string of the molecule is COc1cc(-n2cnc(Nc3nc(C(C)C)nc4c3cnn4-c3ccc(F)cc3)c2)cc(OC)c1OC. The zero-order chi connectivity index (χ0) is 26.1. The highest BCUT2D eigenvalue weighted by Gasteiger charge is 2.18. The van der Waals surface area contributed by atoms with E-state index in [0.717, 1.165) is 5.69 Å². The fraction of sp³-hybridized carbons (Fsp3) is 0.231. The van der Waals surface area contributed by atoms with Crippen LogP contribution in [0.4, 0.5) is 16.0 Å². The van der Waals surface area contributed by atoms with Crippen LogP contribution in [-0.4, -0.2) is 50.6 Å². The molecule has 190 valence electrons. The van der Waals surface area contributed by atoms with Crippen molar-refractivity contribution < 1.29 is 18.6 Å². The molecule has 0 radical (unpaired) electrons. The van der Waals surface area contributed by atoms with Crippen LogP contribution in [0.25, 0.3) is 22.4 Å². The third kappa shape index (κ3) is 4.51. The lowest BCUT2D eigenvalue weighted by atomic mass is 10.2. The third-order valence-electron chi connectivity index (χ3n) is 5.81. The van der Waals surface area contributed by atoms with Gasteiger partial charge in [-0.2, -0.15) is 5.10 Å². The van der Waals surface area contributed by atoms with Gasteiger partial charge in [-0.3, -0.25) is 0 Å². The minimum atomic E-state index is -0.317. The first kappa shape index (κ1) is 24.0. The lowest BCUT2D eigenvalue weighted by Gasteiger charge is -2.14. The maximum absolute atomic E-state index is 13.5. The van der Waals surface area contributed by atoms with Gasteiger partial charge in [0.1, 0.15) is 29.6 Å². The minimum Gasteiger partial charge on any atom is -0.493 e. The fourth-order valence-electron chi connectivity index (χ4n) is 3.92. The number of imidazole rings is 1. The quantitative estimate of drug-likeness (QED) is 0.315. The molecule has 2 aromatic carbocycles. The Morgan fingerprint density at radius 2 is 1.62 bits per heavy atom. The van der Waals surface area contributed by atoms with Gasteiger partial charge in [0, 0.05) is 18.1 Å². The number of nitrogens with one attached hydrogen (secondary N) is 1. The van der Waals surface area contributed by atoms with Crippen molar-refractivity contribution in [3.05, 3.63) is 66.8 Å². The van der Waals surface area contributed by atoms with Crippen LogP contribution in [0.15, 0.2) is 55.1 Å². The number of ether oxygens (including phenoxy) is 3. The van der Waals surface area contributed by atoms with Gasteiger partial charge in [-0.25, -0.2) is 24.0 Å². The topological polar surface area (TPSA) is 101 Å². The van der Waals surface area contributed by atoms with Crippen LogP contribution in [0.1, 0.15) is 25.6 Å². The monoisotopic (exact) mass is 503 g/mol. The molecule has 11 heteroatoms. The molecule has 0 bridgehead atoms. The zero-order valence-corrected chi connectivity index (χ0v) is 21.1. The van der Waals surface area contributed by atoms with Gasteiger partial charge in [0.25, 0.3) is 0 Å². The van der Waals surface area contributed by atoms with Crippen molar-refractivity contribution in [3.63, 3.8) is 0 Å². The maximum Gasteiger partial charge on any atom is 0.203 e. The summed E-state index contributed by atoms with van der Waals surface area (Å²) in [6.07, 6.45) is 5.18. The molecule has 0 unspecified atom stereocenters. The van der Waals surface area contributed by atoms with Crippen molar-refractivity contribution in [3.8, 4) is 28.6 Å². The smallest absolute Gasteiger partial charge is 0.203 e. The molecule has 37 heavy (non-hydrogen) atoms. The standard InChI is InChI=1S/C26H26FN7O3/c1-15(2)24-31-25(19-12-29-34(26(19)32-24)17-8-6-16(27)7-9-17)30-22-13-33(14-28-22)18-10-20(35-3)23(37-5)21(11-18)36-4/h6-15H,1-5H3,(H,30,31,32). The van der Waals surface area contributed by atoms with E-state index in [4.69, 9.17) is 24.2 Å². The van der Waals surface area contributed by atoms with Crippen LogP contribution < -0.4 is 19.5 Å². The molecule has 5 rings (SSSR count). The van der Waals surface area contributed by atoms with Gasteiger partial charge >= 0.3 is 0 Å². The number of hydrogen-bond donors (Lipinski definition) is 1. The Bertz CT molecular complexity index is 1540. The van der Waals surface area contributed by atoms with Crippen molar-refractivity contribution in [2.24, 2.45) is 0 Å². The number of methoxy groups -OCH3 is 3. The molecule has 0 saturated carbocycles. The van der Waals surface area contributed by atoms with Crippen molar-refractivity contribution in [2.45, 2.75) is 19.8 Å². The Balaban J connectivity index is 1.53. The first-order valence-electron chi connectivity index (χ1n) is 11.5. The van der Waals surface area contributed by atoms with Crippen LogP contribution in [0, 0.1) is 5.82 Å². The molecule has 3 aromatic heterocycles.